The topological polar surface area (TPSA) is 40.6 Å². The lowest BCUT2D eigenvalue weighted by molar-refractivity contribution is 0.225. The molecule has 1 aliphatic rings. The highest BCUT2D eigenvalue weighted by Crippen LogP contribution is 2.20. The van der Waals surface area contributed by atoms with Gasteiger partial charge in [-0.05, 0) is 39.3 Å². The van der Waals surface area contributed by atoms with Gasteiger partial charge in [0.05, 0.1) is 5.75 Å². The molecule has 0 aliphatic carbocycles. The van der Waals surface area contributed by atoms with Gasteiger partial charge in [0.15, 0.2) is 0 Å². The molecule has 0 N–H and O–H groups in total. The second kappa shape index (κ2) is 5.98. The third-order valence-electron chi connectivity index (χ3n) is 3.05. The Morgan fingerprint density at radius 1 is 1.25 bits per heavy atom. The van der Waals surface area contributed by atoms with Gasteiger partial charge in [-0.2, -0.15) is 0 Å². The second-order valence-electron chi connectivity index (χ2n) is 4.92. The van der Waals surface area contributed by atoms with Gasteiger partial charge in [0.2, 0.25) is 10.0 Å². The molecule has 1 saturated heterocycles. The van der Waals surface area contributed by atoms with E-state index in [9.17, 15) is 8.42 Å². The minimum absolute atomic E-state index is 0.297. The summed E-state index contributed by atoms with van der Waals surface area (Å²) >= 11 is 0. The summed E-state index contributed by atoms with van der Waals surface area (Å²) in [7, 11) is 1.17. The molecule has 5 heteroatoms. The van der Waals surface area contributed by atoms with Crippen LogP contribution in [0.5, 0.6) is 0 Å². The second-order valence-corrected chi connectivity index (χ2v) is 7.01. The lowest BCUT2D eigenvalue weighted by Gasteiger charge is -2.32. The van der Waals surface area contributed by atoms with Gasteiger partial charge in [-0.15, -0.1) is 0 Å². The molecule has 1 fully saturated rings. The van der Waals surface area contributed by atoms with Crippen molar-refractivity contribution in [3.8, 4) is 0 Å². The Hall–Kier alpha value is -0.130. The van der Waals surface area contributed by atoms with Crippen molar-refractivity contribution in [1.29, 1.82) is 0 Å². The monoisotopic (exact) mass is 248 g/mol. The summed E-state index contributed by atoms with van der Waals surface area (Å²) in [6.45, 7) is 4.40. The SMILES string of the molecule is CCCS(=O)(=O)N1CCC(CN(C)C)CC1. The fourth-order valence-electron chi connectivity index (χ4n) is 2.27. The Labute approximate surface area is 99.7 Å². The fourth-order valence-corrected chi connectivity index (χ4v) is 3.81. The molecule has 1 heterocycles. The van der Waals surface area contributed by atoms with Gasteiger partial charge in [-0.1, -0.05) is 6.92 Å². The van der Waals surface area contributed by atoms with Crippen molar-refractivity contribution in [1.82, 2.24) is 9.21 Å². The Morgan fingerprint density at radius 2 is 1.81 bits per heavy atom. The van der Waals surface area contributed by atoms with E-state index in [2.05, 4.69) is 19.0 Å². The fraction of sp³-hybridized carbons (Fsp3) is 1.00. The molecular weight excluding hydrogens is 224 g/mol. The van der Waals surface area contributed by atoms with Crippen molar-refractivity contribution in [2.24, 2.45) is 5.92 Å². The number of hydrogen-bond donors (Lipinski definition) is 0. The van der Waals surface area contributed by atoms with Crippen molar-refractivity contribution < 1.29 is 8.42 Å². The predicted molar refractivity (Wildman–Crippen MR) is 66.9 cm³/mol. The molecule has 1 aliphatic heterocycles. The maximum Gasteiger partial charge on any atom is 0.214 e. The molecule has 0 saturated carbocycles. The van der Waals surface area contributed by atoms with Crippen molar-refractivity contribution in [2.45, 2.75) is 26.2 Å². The Morgan fingerprint density at radius 3 is 2.25 bits per heavy atom. The predicted octanol–water partition coefficient (Wildman–Crippen LogP) is 1.000. The van der Waals surface area contributed by atoms with Gasteiger partial charge in [0, 0.05) is 19.6 Å². The molecule has 0 amide bonds. The van der Waals surface area contributed by atoms with E-state index in [-0.39, 0.29) is 0 Å². The van der Waals surface area contributed by atoms with Crippen LogP contribution in [0.1, 0.15) is 26.2 Å². The first-order chi connectivity index (χ1) is 7.45. The van der Waals surface area contributed by atoms with E-state index in [0.717, 1.165) is 19.4 Å². The standard InChI is InChI=1S/C11H24N2O2S/c1-4-9-16(14,15)13-7-5-11(6-8-13)10-12(2)3/h11H,4-10H2,1-3H3. The smallest absolute Gasteiger partial charge is 0.214 e. The van der Waals surface area contributed by atoms with Gasteiger partial charge in [0.25, 0.3) is 0 Å². The van der Waals surface area contributed by atoms with Crippen LogP contribution in [0, 0.1) is 5.92 Å². The van der Waals surface area contributed by atoms with Crippen molar-refractivity contribution >= 4 is 10.0 Å². The summed E-state index contributed by atoms with van der Waals surface area (Å²) in [6.07, 6.45) is 2.71. The third kappa shape index (κ3) is 4.03. The van der Waals surface area contributed by atoms with Gasteiger partial charge < -0.3 is 4.90 Å². The molecule has 16 heavy (non-hydrogen) atoms. The highest BCUT2D eigenvalue weighted by molar-refractivity contribution is 7.89. The summed E-state index contributed by atoms with van der Waals surface area (Å²) < 4.78 is 25.3. The number of hydrogen-bond acceptors (Lipinski definition) is 3. The third-order valence-corrected chi connectivity index (χ3v) is 5.13. The molecule has 0 unspecified atom stereocenters. The molecule has 0 aromatic carbocycles. The minimum atomic E-state index is -2.97. The van der Waals surface area contributed by atoms with Crippen LogP contribution in [0.25, 0.3) is 0 Å². The molecule has 1 rings (SSSR count). The lowest BCUT2D eigenvalue weighted by atomic mass is 9.98. The summed E-state index contributed by atoms with van der Waals surface area (Å²) in [5.74, 6) is 0.953. The van der Waals surface area contributed by atoms with Crippen LogP contribution >= 0.6 is 0 Å². The zero-order chi connectivity index (χ0) is 12.2. The molecule has 4 nitrogen and oxygen atoms in total. The van der Waals surface area contributed by atoms with E-state index in [1.807, 2.05) is 6.92 Å². The largest absolute Gasteiger partial charge is 0.309 e. The van der Waals surface area contributed by atoms with E-state index in [0.29, 0.717) is 31.2 Å². The molecule has 0 spiro atoms. The van der Waals surface area contributed by atoms with Crippen LogP contribution in [0.3, 0.4) is 0 Å². The van der Waals surface area contributed by atoms with Crippen LogP contribution < -0.4 is 0 Å². The molecule has 96 valence electrons. The normalized spacial score (nSPS) is 20.5. The van der Waals surface area contributed by atoms with E-state index < -0.39 is 10.0 Å². The molecular formula is C11H24N2O2S. The van der Waals surface area contributed by atoms with Crippen LogP contribution in [-0.4, -0.2) is 57.1 Å². The number of sulfonamides is 1. The summed E-state index contributed by atoms with van der Waals surface area (Å²) in [5, 5.41) is 0. The van der Waals surface area contributed by atoms with E-state index in [1.54, 1.807) is 4.31 Å². The quantitative estimate of drug-likeness (QED) is 0.729. The highest BCUT2D eigenvalue weighted by Gasteiger charge is 2.27. The van der Waals surface area contributed by atoms with Gasteiger partial charge in [0.1, 0.15) is 0 Å². The van der Waals surface area contributed by atoms with Crippen LogP contribution in [-0.2, 0) is 10.0 Å². The number of piperidine rings is 1. The van der Waals surface area contributed by atoms with Gasteiger partial charge in [-0.3, -0.25) is 0 Å². The van der Waals surface area contributed by atoms with Crippen LogP contribution in [0.15, 0.2) is 0 Å². The van der Waals surface area contributed by atoms with Crippen LogP contribution in [0.4, 0.5) is 0 Å². The summed E-state index contributed by atoms with van der Waals surface area (Å²) in [6, 6.07) is 0. The van der Waals surface area contributed by atoms with E-state index in [1.165, 1.54) is 0 Å². The average molecular weight is 248 g/mol. The zero-order valence-corrected chi connectivity index (χ0v) is 11.5. The number of rotatable bonds is 5. The molecule has 0 aromatic rings. The zero-order valence-electron chi connectivity index (χ0n) is 10.6. The van der Waals surface area contributed by atoms with E-state index >= 15 is 0 Å². The van der Waals surface area contributed by atoms with E-state index in [4.69, 9.17) is 0 Å². The first-order valence-corrected chi connectivity index (χ1v) is 7.69. The van der Waals surface area contributed by atoms with Crippen molar-refractivity contribution in [3.63, 3.8) is 0 Å². The average Bonchev–Trinajstić information content (AvgIpc) is 2.17. The summed E-state index contributed by atoms with van der Waals surface area (Å²) in [4.78, 5) is 2.18. The number of nitrogens with zero attached hydrogens (tertiary/aromatic N) is 2. The first-order valence-electron chi connectivity index (χ1n) is 6.08. The Bertz CT molecular complexity index is 293. The van der Waals surface area contributed by atoms with Crippen molar-refractivity contribution in [2.75, 3.05) is 39.5 Å². The Kier molecular flexibility index (Phi) is 5.21. The first kappa shape index (κ1) is 13.9. The van der Waals surface area contributed by atoms with Crippen molar-refractivity contribution in [3.05, 3.63) is 0 Å². The van der Waals surface area contributed by atoms with Gasteiger partial charge in [-0.25, -0.2) is 12.7 Å². The summed E-state index contributed by atoms with van der Waals surface area (Å²) in [5.41, 5.74) is 0. The van der Waals surface area contributed by atoms with Gasteiger partial charge >= 0.3 is 0 Å². The molecule has 0 atom stereocenters. The molecule has 0 aromatic heterocycles. The highest BCUT2D eigenvalue weighted by atomic mass is 32.2. The maximum absolute atomic E-state index is 11.8. The molecule has 0 radical (unpaired) electrons. The maximum atomic E-state index is 11.8. The molecule has 0 bridgehead atoms. The lowest BCUT2D eigenvalue weighted by Crippen LogP contribution is -2.41. The van der Waals surface area contributed by atoms with Crippen LogP contribution in [0.2, 0.25) is 0 Å². The minimum Gasteiger partial charge on any atom is -0.309 e. The Balaban J connectivity index is 2.43.